The van der Waals surface area contributed by atoms with E-state index >= 15 is 0 Å². The Morgan fingerprint density at radius 2 is 2.44 bits per heavy atom. The Labute approximate surface area is 112 Å². The summed E-state index contributed by atoms with van der Waals surface area (Å²) in [6.45, 7) is 1.96. The van der Waals surface area contributed by atoms with Crippen molar-refractivity contribution in [2.24, 2.45) is 0 Å². The minimum atomic E-state index is -0.0955. The van der Waals surface area contributed by atoms with Crippen LogP contribution in [0.25, 0.3) is 0 Å². The van der Waals surface area contributed by atoms with E-state index in [9.17, 15) is 4.79 Å². The first-order valence-electron chi connectivity index (χ1n) is 4.77. The van der Waals surface area contributed by atoms with Crippen LogP contribution < -0.4 is 5.32 Å². The molecular formula is C10H14BrNO2S2. The first kappa shape index (κ1) is 14.0. The van der Waals surface area contributed by atoms with Crippen LogP contribution in [-0.2, 0) is 0 Å². The van der Waals surface area contributed by atoms with Crippen molar-refractivity contribution in [3.05, 3.63) is 20.8 Å². The number of carbonyl (C=O) groups is 1. The van der Waals surface area contributed by atoms with E-state index in [0.29, 0.717) is 4.88 Å². The maximum atomic E-state index is 11.9. The van der Waals surface area contributed by atoms with Gasteiger partial charge in [0.25, 0.3) is 5.91 Å². The second-order valence-corrected chi connectivity index (χ2v) is 6.16. The van der Waals surface area contributed by atoms with Gasteiger partial charge in [0, 0.05) is 15.8 Å². The zero-order valence-electron chi connectivity index (χ0n) is 9.07. The summed E-state index contributed by atoms with van der Waals surface area (Å²) < 4.78 is 0.812. The summed E-state index contributed by atoms with van der Waals surface area (Å²) in [5.41, 5.74) is 0. The third-order valence-electron chi connectivity index (χ3n) is 2.22. The first-order chi connectivity index (χ1) is 7.60. The van der Waals surface area contributed by atoms with Gasteiger partial charge in [0.2, 0.25) is 0 Å². The third kappa shape index (κ3) is 3.48. The van der Waals surface area contributed by atoms with Crippen molar-refractivity contribution in [1.29, 1.82) is 0 Å². The third-order valence-corrected chi connectivity index (χ3v) is 5.22. The Bertz CT molecular complexity index is 352. The molecule has 90 valence electrons. The van der Waals surface area contributed by atoms with Crippen molar-refractivity contribution in [3.8, 4) is 0 Å². The molecule has 0 aromatic carbocycles. The lowest BCUT2D eigenvalue weighted by atomic mass is 10.2. The predicted octanol–water partition coefficient (Wildman–Crippen LogP) is 2.35. The summed E-state index contributed by atoms with van der Waals surface area (Å²) in [5.74, 6) is -0.0955. The zero-order chi connectivity index (χ0) is 12.1. The molecule has 0 fully saturated rings. The molecule has 2 unspecified atom stereocenters. The predicted molar refractivity (Wildman–Crippen MR) is 73.3 cm³/mol. The zero-order valence-corrected chi connectivity index (χ0v) is 12.3. The van der Waals surface area contributed by atoms with Crippen LogP contribution in [-0.4, -0.2) is 35.2 Å². The van der Waals surface area contributed by atoms with Crippen molar-refractivity contribution < 1.29 is 9.90 Å². The van der Waals surface area contributed by atoms with Gasteiger partial charge in [-0.15, -0.1) is 11.3 Å². The van der Waals surface area contributed by atoms with Gasteiger partial charge in [0.05, 0.1) is 6.61 Å². The minimum Gasteiger partial charge on any atom is -0.395 e. The minimum absolute atomic E-state index is 0.0303. The van der Waals surface area contributed by atoms with Gasteiger partial charge in [-0.05, 0) is 40.6 Å². The quantitative estimate of drug-likeness (QED) is 0.874. The molecule has 0 aliphatic heterocycles. The van der Waals surface area contributed by atoms with Crippen LogP contribution in [0.3, 0.4) is 0 Å². The van der Waals surface area contributed by atoms with Crippen LogP contribution in [0.15, 0.2) is 15.9 Å². The molecule has 2 N–H and O–H groups in total. The van der Waals surface area contributed by atoms with Crippen LogP contribution in [0.1, 0.15) is 16.6 Å². The van der Waals surface area contributed by atoms with E-state index in [4.69, 9.17) is 5.11 Å². The molecule has 6 heteroatoms. The number of carbonyl (C=O) groups excluding carboxylic acids is 1. The molecule has 0 bridgehead atoms. The molecule has 0 radical (unpaired) electrons. The second kappa shape index (κ2) is 6.64. The van der Waals surface area contributed by atoms with Crippen LogP contribution in [0, 0.1) is 0 Å². The number of aliphatic hydroxyl groups is 1. The molecule has 1 aromatic heterocycles. The fourth-order valence-electron chi connectivity index (χ4n) is 1.26. The summed E-state index contributed by atoms with van der Waals surface area (Å²) >= 11 is 6.27. The lowest BCUT2D eigenvalue weighted by Gasteiger charge is -2.20. The number of thiophene rings is 1. The Morgan fingerprint density at radius 3 is 2.88 bits per heavy atom. The van der Waals surface area contributed by atoms with Gasteiger partial charge in [-0.1, -0.05) is 0 Å². The largest absolute Gasteiger partial charge is 0.395 e. The average Bonchev–Trinajstić information content (AvgIpc) is 2.66. The lowest BCUT2D eigenvalue weighted by molar-refractivity contribution is 0.0939. The maximum Gasteiger partial charge on any atom is 0.262 e. The Hall–Kier alpha value is -0.0400. The van der Waals surface area contributed by atoms with E-state index in [1.165, 1.54) is 11.3 Å². The van der Waals surface area contributed by atoms with Gasteiger partial charge in [-0.25, -0.2) is 0 Å². The highest BCUT2D eigenvalue weighted by Crippen LogP contribution is 2.22. The molecule has 1 heterocycles. The number of rotatable bonds is 5. The van der Waals surface area contributed by atoms with E-state index in [2.05, 4.69) is 21.2 Å². The van der Waals surface area contributed by atoms with E-state index in [1.54, 1.807) is 11.8 Å². The highest BCUT2D eigenvalue weighted by Gasteiger charge is 2.19. The molecule has 2 atom stereocenters. The lowest BCUT2D eigenvalue weighted by Crippen LogP contribution is -2.41. The summed E-state index contributed by atoms with van der Waals surface area (Å²) in [5, 5.41) is 13.9. The fraction of sp³-hybridized carbons (Fsp3) is 0.500. The summed E-state index contributed by atoms with van der Waals surface area (Å²) in [6, 6.07) is 1.80. The van der Waals surface area contributed by atoms with Crippen molar-refractivity contribution >= 4 is 44.9 Å². The summed E-state index contributed by atoms with van der Waals surface area (Å²) in [4.78, 5) is 12.5. The number of hydrogen-bond donors (Lipinski definition) is 2. The number of thioether (sulfide) groups is 1. The molecule has 0 spiro atoms. The van der Waals surface area contributed by atoms with Crippen LogP contribution in [0.4, 0.5) is 0 Å². The Morgan fingerprint density at radius 1 is 1.75 bits per heavy atom. The number of amides is 1. The molecule has 0 saturated heterocycles. The van der Waals surface area contributed by atoms with Gasteiger partial charge >= 0.3 is 0 Å². The highest BCUT2D eigenvalue weighted by atomic mass is 79.9. The fourth-order valence-corrected chi connectivity index (χ4v) is 3.34. The standard InChI is InChI=1S/C10H14BrNO2S2/c1-6(8(5-13)15-2)12-10(14)9-7(11)3-4-16-9/h3-4,6,8,13H,5H2,1-2H3,(H,12,14). The SMILES string of the molecule is CSC(CO)C(C)NC(=O)c1sccc1Br. The molecule has 0 aliphatic rings. The van der Waals surface area contributed by atoms with Crippen LogP contribution in [0.5, 0.6) is 0 Å². The number of nitrogens with one attached hydrogen (secondary N) is 1. The van der Waals surface area contributed by atoms with E-state index in [0.717, 1.165) is 4.47 Å². The average molecular weight is 324 g/mol. The normalized spacial score (nSPS) is 14.5. The van der Waals surface area contributed by atoms with Gasteiger partial charge in [0.1, 0.15) is 4.88 Å². The molecule has 1 rings (SSSR count). The molecule has 0 saturated carbocycles. The first-order valence-corrected chi connectivity index (χ1v) is 7.73. The number of halogens is 1. The van der Waals surface area contributed by atoms with E-state index in [1.807, 2.05) is 24.6 Å². The van der Waals surface area contributed by atoms with Gasteiger partial charge < -0.3 is 10.4 Å². The van der Waals surface area contributed by atoms with Crippen molar-refractivity contribution in [2.45, 2.75) is 18.2 Å². The Kier molecular flexibility index (Phi) is 5.82. The smallest absolute Gasteiger partial charge is 0.262 e. The Balaban J connectivity index is 2.61. The van der Waals surface area contributed by atoms with E-state index < -0.39 is 0 Å². The second-order valence-electron chi connectivity index (χ2n) is 3.32. The molecule has 3 nitrogen and oxygen atoms in total. The molecule has 16 heavy (non-hydrogen) atoms. The van der Waals surface area contributed by atoms with Crippen LogP contribution in [0.2, 0.25) is 0 Å². The van der Waals surface area contributed by atoms with Crippen molar-refractivity contribution in [3.63, 3.8) is 0 Å². The van der Waals surface area contributed by atoms with Crippen molar-refractivity contribution in [1.82, 2.24) is 5.32 Å². The highest BCUT2D eigenvalue weighted by molar-refractivity contribution is 9.10. The summed E-state index contributed by atoms with van der Waals surface area (Å²) in [7, 11) is 0. The number of hydrogen-bond acceptors (Lipinski definition) is 4. The molecular weight excluding hydrogens is 310 g/mol. The van der Waals surface area contributed by atoms with Crippen molar-refractivity contribution in [2.75, 3.05) is 12.9 Å². The van der Waals surface area contributed by atoms with Gasteiger partial charge in [-0.3, -0.25) is 4.79 Å². The monoisotopic (exact) mass is 323 g/mol. The van der Waals surface area contributed by atoms with E-state index in [-0.39, 0.29) is 23.8 Å². The van der Waals surface area contributed by atoms with Crippen LogP contribution >= 0.6 is 39.0 Å². The molecule has 0 aliphatic carbocycles. The summed E-state index contributed by atoms with van der Waals surface area (Å²) in [6.07, 6.45) is 1.92. The van der Waals surface area contributed by atoms with Gasteiger partial charge in [-0.2, -0.15) is 11.8 Å². The topological polar surface area (TPSA) is 49.3 Å². The molecule has 1 aromatic rings. The maximum absolute atomic E-state index is 11.9. The molecule has 1 amide bonds. The van der Waals surface area contributed by atoms with Gasteiger partial charge in [0.15, 0.2) is 0 Å². The number of aliphatic hydroxyl groups excluding tert-OH is 1.